The summed E-state index contributed by atoms with van der Waals surface area (Å²) < 4.78 is 0. The fraction of sp³-hybridized carbons (Fsp3) is 0.611. The second kappa shape index (κ2) is 6.40. The number of para-hydroxylation sites is 1. The van der Waals surface area contributed by atoms with Crippen molar-refractivity contribution < 1.29 is 9.90 Å². The quantitative estimate of drug-likeness (QED) is 0.895. The van der Waals surface area contributed by atoms with Gasteiger partial charge in [0.05, 0.1) is 12.6 Å². The van der Waals surface area contributed by atoms with Gasteiger partial charge in [-0.05, 0) is 29.9 Å². The molecule has 3 fully saturated rings. The highest BCUT2D eigenvalue weighted by atomic mass is 16.3. The molecule has 0 radical (unpaired) electrons. The number of carbonyl (C=O) groups excluding carboxylic acids is 1. The summed E-state index contributed by atoms with van der Waals surface area (Å²) in [4.78, 5) is 16.8. The Bertz CT molecular complexity index is 546. The predicted molar refractivity (Wildman–Crippen MR) is 91.5 cm³/mol. The highest BCUT2D eigenvalue weighted by Crippen LogP contribution is 2.43. The number of piperidine rings is 1. The van der Waals surface area contributed by atoms with E-state index >= 15 is 0 Å². The highest BCUT2D eigenvalue weighted by molar-refractivity contribution is 5.74. The lowest BCUT2D eigenvalue weighted by Gasteiger charge is -2.48. The van der Waals surface area contributed by atoms with Crippen LogP contribution in [0.25, 0.3) is 0 Å². The van der Waals surface area contributed by atoms with Crippen LogP contribution in [0.15, 0.2) is 30.3 Å². The summed E-state index contributed by atoms with van der Waals surface area (Å²) in [5, 5.41) is 11.7. The molecule has 126 valence electrons. The van der Waals surface area contributed by atoms with Crippen molar-refractivity contribution in [2.45, 2.75) is 26.3 Å². The zero-order valence-corrected chi connectivity index (χ0v) is 14.0. The number of anilines is 1. The van der Waals surface area contributed by atoms with Crippen molar-refractivity contribution >= 4 is 11.7 Å². The van der Waals surface area contributed by atoms with Crippen LogP contribution in [0.3, 0.4) is 0 Å². The summed E-state index contributed by atoms with van der Waals surface area (Å²) in [5.74, 6) is 0.476. The van der Waals surface area contributed by atoms with E-state index in [-0.39, 0.29) is 18.1 Å². The minimum absolute atomic E-state index is 0.0198. The van der Waals surface area contributed by atoms with Crippen LogP contribution in [0, 0.1) is 11.3 Å². The van der Waals surface area contributed by atoms with E-state index in [1.807, 2.05) is 11.0 Å². The van der Waals surface area contributed by atoms with Gasteiger partial charge in [-0.25, -0.2) is 4.79 Å². The number of rotatable bonds is 3. The first-order valence-electron chi connectivity index (χ1n) is 8.46. The van der Waals surface area contributed by atoms with Crippen molar-refractivity contribution in [3.8, 4) is 0 Å². The molecule has 3 heterocycles. The van der Waals surface area contributed by atoms with Crippen LogP contribution in [-0.4, -0.2) is 54.9 Å². The minimum atomic E-state index is -0.0540. The molecule has 3 saturated heterocycles. The number of hydrogen-bond donors (Lipinski definition) is 2. The molecule has 2 bridgehead atoms. The summed E-state index contributed by atoms with van der Waals surface area (Å²) in [5.41, 5.74) is 1.41. The third kappa shape index (κ3) is 3.29. The topological polar surface area (TPSA) is 55.8 Å². The number of fused-ring (bicyclic) bond motifs is 4. The van der Waals surface area contributed by atoms with Gasteiger partial charge in [-0.15, -0.1) is 0 Å². The predicted octanol–water partition coefficient (Wildman–Crippen LogP) is 1.93. The molecular formula is C18H27N3O2. The van der Waals surface area contributed by atoms with Crippen molar-refractivity contribution in [1.29, 1.82) is 0 Å². The molecule has 2 atom stereocenters. The molecule has 3 aliphatic heterocycles. The lowest BCUT2D eigenvalue weighted by Crippen LogP contribution is -2.54. The first kappa shape index (κ1) is 16.1. The van der Waals surface area contributed by atoms with Crippen molar-refractivity contribution in [1.82, 2.24) is 10.2 Å². The second-order valence-corrected chi connectivity index (χ2v) is 7.42. The molecule has 2 amide bonds. The molecule has 1 unspecified atom stereocenters. The first-order valence-corrected chi connectivity index (χ1v) is 8.46. The SMILES string of the molecule is CC1(C)C[C@@H]2CN(C(=O)NCCO)CC1N(c1ccccc1)C2. The number of amides is 2. The fourth-order valence-electron chi connectivity index (χ4n) is 4.18. The maximum Gasteiger partial charge on any atom is 0.317 e. The summed E-state index contributed by atoms with van der Waals surface area (Å²) in [6, 6.07) is 10.8. The van der Waals surface area contributed by atoms with Gasteiger partial charge in [0.1, 0.15) is 0 Å². The molecule has 2 N–H and O–H groups in total. The number of benzene rings is 1. The summed E-state index contributed by atoms with van der Waals surface area (Å²) in [6.45, 7) is 7.45. The molecular weight excluding hydrogens is 290 g/mol. The Kier molecular flexibility index (Phi) is 4.48. The van der Waals surface area contributed by atoms with E-state index in [1.54, 1.807) is 0 Å². The zero-order valence-electron chi connectivity index (χ0n) is 14.0. The van der Waals surface area contributed by atoms with Gasteiger partial charge in [-0.1, -0.05) is 32.0 Å². The van der Waals surface area contributed by atoms with Gasteiger partial charge < -0.3 is 20.2 Å². The van der Waals surface area contributed by atoms with Gasteiger partial charge in [0.25, 0.3) is 0 Å². The van der Waals surface area contributed by atoms with Gasteiger partial charge in [0, 0.05) is 31.9 Å². The number of carbonyl (C=O) groups is 1. The Morgan fingerprint density at radius 2 is 2.00 bits per heavy atom. The van der Waals surface area contributed by atoms with E-state index < -0.39 is 0 Å². The third-order valence-corrected chi connectivity index (χ3v) is 5.18. The van der Waals surface area contributed by atoms with Gasteiger partial charge >= 0.3 is 6.03 Å². The van der Waals surface area contributed by atoms with Crippen LogP contribution in [0.2, 0.25) is 0 Å². The Morgan fingerprint density at radius 1 is 1.26 bits per heavy atom. The summed E-state index contributed by atoms with van der Waals surface area (Å²) >= 11 is 0. The van der Waals surface area contributed by atoms with E-state index in [1.165, 1.54) is 5.69 Å². The van der Waals surface area contributed by atoms with Crippen molar-refractivity contribution in [2.24, 2.45) is 11.3 Å². The number of aliphatic hydroxyl groups excluding tert-OH is 1. The maximum atomic E-state index is 12.4. The van der Waals surface area contributed by atoms with Crippen molar-refractivity contribution in [3.05, 3.63) is 30.3 Å². The van der Waals surface area contributed by atoms with Crippen LogP contribution in [0.5, 0.6) is 0 Å². The molecule has 0 spiro atoms. The molecule has 0 saturated carbocycles. The average Bonchev–Trinajstić information content (AvgIpc) is 2.80. The fourth-order valence-corrected chi connectivity index (χ4v) is 4.18. The normalized spacial score (nSPS) is 26.0. The largest absolute Gasteiger partial charge is 0.395 e. The zero-order chi connectivity index (χ0) is 16.4. The van der Waals surface area contributed by atoms with Gasteiger partial charge in [-0.3, -0.25) is 0 Å². The van der Waals surface area contributed by atoms with Crippen LogP contribution in [-0.2, 0) is 0 Å². The Hall–Kier alpha value is -1.75. The number of nitrogens with one attached hydrogen (secondary N) is 1. The first-order chi connectivity index (χ1) is 11.0. The van der Waals surface area contributed by atoms with Crippen molar-refractivity contribution in [2.75, 3.05) is 37.7 Å². The van der Waals surface area contributed by atoms with Crippen LogP contribution in [0.1, 0.15) is 20.3 Å². The van der Waals surface area contributed by atoms with Crippen LogP contribution in [0.4, 0.5) is 10.5 Å². The molecule has 0 aliphatic carbocycles. The molecule has 0 aromatic heterocycles. The standard InChI is InChI=1S/C18H27N3O2/c1-18(2)10-14-11-20(17(23)19-8-9-22)13-16(18)21(12-14)15-6-4-3-5-7-15/h3-7,14,16,22H,8-13H2,1-2H3,(H,19,23)/t14-,16?/m1/s1. The van der Waals surface area contributed by atoms with Crippen LogP contribution < -0.4 is 10.2 Å². The molecule has 1 aromatic carbocycles. The van der Waals surface area contributed by atoms with Gasteiger partial charge in [0.15, 0.2) is 0 Å². The molecule has 3 aliphatic rings. The Balaban J connectivity index is 1.84. The van der Waals surface area contributed by atoms with Gasteiger partial charge in [0.2, 0.25) is 0 Å². The molecule has 5 nitrogen and oxygen atoms in total. The number of urea groups is 1. The molecule has 5 heteroatoms. The summed E-state index contributed by atoms with van der Waals surface area (Å²) in [7, 11) is 0. The van der Waals surface area contributed by atoms with E-state index in [0.29, 0.717) is 18.5 Å². The van der Waals surface area contributed by atoms with E-state index in [9.17, 15) is 4.79 Å². The lowest BCUT2D eigenvalue weighted by molar-refractivity contribution is 0.185. The van der Waals surface area contributed by atoms with Crippen molar-refractivity contribution in [3.63, 3.8) is 0 Å². The monoisotopic (exact) mass is 317 g/mol. The Morgan fingerprint density at radius 3 is 2.70 bits per heavy atom. The number of hydrogen-bond acceptors (Lipinski definition) is 3. The number of aliphatic hydroxyl groups is 1. The lowest BCUT2D eigenvalue weighted by atomic mass is 9.73. The van der Waals surface area contributed by atoms with E-state index in [0.717, 1.165) is 26.1 Å². The third-order valence-electron chi connectivity index (χ3n) is 5.18. The smallest absolute Gasteiger partial charge is 0.317 e. The highest BCUT2D eigenvalue weighted by Gasteiger charge is 2.46. The van der Waals surface area contributed by atoms with E-state index in [4.69, 9.17) is 5.11 Å². The second-order valence-electron chi connectivity index (χ2n) is 7.42. The molecule has 23 heavy (non-hydrogen) atoms. The van der Waals surface area contributed by atoms with E-state index in [2.05, 4.69) is 48.3 Å². The average molecular weight is 317 g/mol. The van der Waals surface area contributed by atoms with Crippen LogP contribution >= 0.6 is 0 Å². The molecule has 4 rings (SSSR count). The Labute approximate surface area is 138 Å². The van der Waals surface area contributed by atoms with Gasteiger partial charge in [-0.2, -0.15) is 0 Å². The minimum Gasteiger partial charge on any atom is -0.395 e. The number of nitrogens with zero attached hydrogens (tertiary/aromatic N) is 2. The molecule has 1 aromatic rings. The summed E-state index contributed by atoms with van der Waals surface area (Å²) in [6.07, 6.45) is 1.14. The maximum absolute atomic E-state index is 12.4.